The van der Waals surface area contributed by atoms with Crippen molar-refractivity contribution in [3.8, 4) is 0 Å². The van der Waals surface area contributed by atoms with Gasteiger partial charge in [-0.1, -0.05) is 30.9 Å². The summed E-state index contributed by atoms with van der Waals surface area (Å²) in [6.07, 6.45) is -27.5. The molecule has 0 atom stereocenters. The zero-order chi connectivity index (χ0) is 23.4. The van der Waals surface area contributed by atoms with Crippen LogP contribution in [0.25, 0.3) is 0 Å². The number of allylic oxidation sites excluding steroid dienone is 3. The van der Waals surface area contributed by atoms with Crippen molar-refractivity contribution >= 4 is 0 Å². The third-order valence-corrected chi connectivity index (χ3v) is 3.08. The second-order valence-corrected chi connectivity index (χ2v) is 5.24. The molecule has 0 aliphatic heterocycles. The van der Waals surface area contributed by atoms with Gasteiger partial charge in [0.25, 0.3) is 11.2 Å². The summed E-state index contributed by atoms with van der Waals surface area (Å²) in [5, 5.41) is 16.7. The Kier molecular flexibility index (Phi) is 8.92. The molecule has 0 amide bonds. The van der Waals surface area contributed by atoms with Crippen LogP contribution in [0.15, 0.2) is 37.5 Å². The summed E-state index contributed by atoms with van der Waals surface area (Å²) >= 11 is 0. The van der Waals surface area contributed by atoms with Gasteiger partial charge in [-0.05, 0) is 6.42 Å². The molecule has 0 unspecified atom stereocenters. The van der Waals surface area contributed by atoms with Crippen LogP contribution in [0.2, 0.25) is 0 Å². The highest BCUT2D eigenvalue weighted by molar-refractivity contribution is 5.13. The predicted molar refractivity (Wildman–Crippen MR) is 72.9 cm³/mol. The highest BCUT2D eigenvalue weighted by Crippen LogP contribution is 2.54. The minimum atomic E-state index is -6.95. The Balaban J connectivity index is 0. The lowest BCUT2D eigenvalue weighted by molar-refractivity contribution is -0.422. The molecule has 2 nitrogen and oxygen atoms in total. The summed E-state index contributed by atoms with van der Waals surface area (Å²) in [5.74, 6) is 0. The average molecular weight is 442 g/mol. The van der Waals surface area contributed by atoms with Crippen LogP contribution < -0.4 is 0 Å². The number of hydrogen-bond acceptors (Lipinski definition) is 2. The first kappa shape index (κ1) is 28.5. The molecule has 0 aliphatic carbocycles. The standard InChI is InChI=1S/C7H4F12O2.C7H10/c8-4(9,10)2(20,5(11,12)13)1-3(21,6(14,15)16)7(17,18)19;1-4-6-7(3)5-2/h20-21H,1H2;4-5H,1-3,6H2. The lowest BCUT2D eigenvalue weighted by atomic mass is 9.84. The summed E-state index contributed by atoms with van der Waals surface area (Å²) in [4.78, 5) is 0. The summed E-state index contributed by atoms with van der Waals surface area (Å²) < 4.78 is 145. The molecular formula is C14H14F12O2. The van der Waals surface area contributed by atoms with Crippen LogP contribution >= 0.6 is 0 Å². The van der Waals surface area contributed by atoms with E-state index in [9.17, 15) is 52.7 Å². The van der Waals surface area contributed by atoms with Crippen LogP contribution in [-0.2, 0) is 0 Å². The van der Waals surface area contributed by atoms with Gasteiger partial charge in [0.2, 0.25) is 0 Å². The van der Waals surface area contributed by atoms with E-state index in [4.69, 9.17) is 10.2 Å². The minimum absolute atomic E-state index is 0.851. The minimum Gasteiger partial charge on any atom is -0.374 e. The maximum absolute atomic E-state index is 12.1. The molecule has 166 valence electrons. The molecule has 0 rings (SSSR count). The normalized spacial score (nSPS) is 14.1. The van der Waals surface area contributed by atoms with Gasteiger partial charge in [-0.2, -0.15) is 52.7 Å². The molecule has 0 saturated heterocycles. The fourth-order valence-electron chi connectivity index (χ4n) is 1.36. The van der Waals surface area contributed by atoms with Crippen molar-refractivity contribution in [3.05, 3.63) is 37.5 Å². The summed E-state index contributed by atoms with van der Waals surface area (Å²) in [5.41, 5.74) is -11.8. The lowest BCUT2D eigenvalue weighted by Crippen LogP contribution is -2.67. The Labute approximate surface area is 150 Å². The van der Waals surface area contributed by atoms with Gasteiger partial charge in [-0.3, -0.25) is 0 Å². The monoisotopic (exact) mass is 442 g/mol. The van der Waals surface area contributed by atoms with Gasteiger partial charge in [-0.25, -0.2) is 0 Å². The maximum atomic E-state index is 12.1. The fourth-order valence-corrected chi connectivity index (χ4v) is 1.36. The third kappa shape index (κ3) is 6.43. The predicted octanol–water partition coefficient (Wildman–Crippen LogP) is 5.39. The zero-order valence-corrected chi connectivity index (χ0v) is 13.6. The largest absolute Gasteiger partial charge is 0.426 e. The van der Waals surface area contributed by atoms with Crippen molar-refractivity contribution < 1.29 is 62.9 Å². The Morgan fingerprint density at radius 2 is 0.893 bits per heavy atom. The van der Waals surface area contributed by atoms with E-state index in [0.717, 1.165) is 12.0 Å². The molecular weight excluding hydrogens is 428 g/mol. The van der Waals surface area contributed by atoms with Gasteiger partial charge in [0.1, 0.15) is 0 Å². The molecule has 0 heterocycles. The molecule has 0 aromatic carbocycles. The van der Waals surface area contributed by atoms with Crippen LogP contribution in [0.1, 0.15) is 12.8 Å². The van der Waals surface area contributed by atoms with Crippen LogP contribution in [0, 0.1) is 0 Å². The van der Waals surface area contributed by atoms with Crippen molar-refractivity contribution in [3.63, 3.8) is 0 Å². The Morgan fingerprint density at radius 3 is 1.00 bits per heavy atom. The quantitative estimate of drug-likeness (QED) is 0.341. The molecule has 0 fully saturated rings. The molecule has 14 heteroatoms. The second kappa shape index (κ2) is 8.76. The van der Waals surface area contributed by atoms with E-state index < -0.39 is 42.3 Å². The molecule has 2 N–H and O–H groups in total. The average Bonchev–Trinajstić information content (AvgIpc) is 2.43. The summed E-state index contributed by atoms with van der Waals surface area (Å²) in [6.45, 7) is 10.7. The van der Waals surface area contributed by atoms with E-state index in [1.807, 2.05) is 6.08 Å². The number of rotatable bonds is 5. The zero-order valence-electron chi connectivity index (χ0n) is 13.6. The molecule has 0 radical (unpaired) electrons. The fraction of sp³-hybridized carbons (Fsp3) is 0.571. The highest BCUT2D eigenvalue weighted by atomic mass is 19.4. The van der Waals surface area contributed by atoms with Crippen LogP contribution in [0.3, 0.4) is 0 Å². The topological polar surface area (TPSA) is 40.5 Å². The molecule has 0 aromatic heterocycles. The van der Waals surface area contributed by atoms with Gasteiger partial charge in [0.15, 0.2) is 0 Å². The summed E-state index contributed by atoms with van der Waals surface area (Å²) in [7, 11) is 0. The van der Waals surface area contributed by atoms with E-state index >= 15 is 0 Å². The Morgan fingerprint density at radius 1 is 0.643 bits per heavy atom. The molecule has 28 heavy (non-hydrogen) atoms. The third-order valence-electron chi connectivity index (χ3n) is 3.08. The number of alkyl halides is 12. The van der Waals surface area contributed by atoms with E-state index in [-0.39, 0.29) is 0 Å². The van der Waals surface area contributed by atoms with Crippen LogP contribution in [0.5, 0.6) is 0 Å². The van der Waals surface area contributed by atoms with E-state index in [1.54, 1.807) is 6.08 Å². The van der Waals surface area contributed by atoms with Gasteiger partial charge in [0, 0.05) is 6.42 Å². The van der Waals surface area contributed by atoms with E-state index in [1.165, 1.54) is 0 Å². The van der Waals surface area contributed by atoms with Gasteiger partial charge in [-0.15, -0.1) is 6.58 Å². The van der Waals surface area contributed by atoms with Crippen molar-refractivity contribution in [2.75, 3.05) is 0 Å². The van der Waals surface area contributed by atoms with Gasteiger partial charge in [0.05, 0.1) is 0 Å². The van der Waals surface area contributed by atoms with Crippen molar-refractivity contribution in [1.82, 2.24) is 0 Å². The maximum Gasteiger partial charge on any atom is 0.426 e. The molecule has 0 aliphatic rings. The van der Waals surface area contributed by atoms with Crippen molar-refractivity contribution in [2.45, 2.75) is 48.7 Å². The molecule has 0 aromatic rings. The molecule has 0 bridgehead atoms. The number of halogens is 12. The first-order valence-electron chi connectivity index (χ1n) is 6.64. The Hall–Kier alpha value is -1.70. The first-order chi connectivity index (χ1) is 12.0. The van der Waals surface area contributed by atoms with E-state index in [0.29, 0.717) is 0 Å². The Bertz CT molecular complexity index is 487. The van der Waals surface area contributed by atoms with Crippen molar-refractivity contribution in [1.29, 1.82) is 0 Å². The van der Waals surface area contributed by atoms with Crippen LogP contribution in [-0.4, -0.2) is 46.1 Å². The van der Waals surface area contributed by atoms with Crippen LogP contribution in [0.4, 0.5) is 52.7 Å². The first-order valence-corrected chi connectivity index (χ1v) is 6.64. The molecule has 0 spiro atoms. The smallest absolute Gasteiger partial charge is 0.374 e. The van der Waals surface area contributed by atoms with Gasteiger partial charge >= 0.3 is 24.7 Å². The number of aliphatic hydroxyl groups is 2. The summed E-state index contributed by atoms with van der Waals surface area (Å²) in [6, 6.07) is 0. The van der Waals surface area contributed by atoms with E-state index in [2.05, 4.69) is 19.7 Å². The lowest BCUT2D eigenvalue weighted by Gasteiger charge is -2.40. The highest BCUT2D eigenvalue weighted by Gasteiger charge is 2.80. The SMILES string of the molecule is C=CCC(=C)C=C.OC(CC(O)(C(F)(F)F)C(F)(F)F)(C(F)(F)F)C(F)(F)F. The van der Waals surface area contributed by atoms with Crippen molar-refractivity contribution in [2.24, 2.45) is 0 Å². The van der Waals surface area contributed by atoms with Gasteiger partial charge < -0.3 is 10.2 Å². The second-order valence-electron chi connectivity index (χ2n) is 5.24. The number of hydrogen-bond donors (Lipinski definition) is 2. The molecule has 0 saturated carbocycles.